The molecule has 6 heteroatoms. The first-order valence-corrected chi connectivity index (χ1v) is 7.84. The molecule has 1 N–H and O–H groups in total. The van der Waals surface area contributed by atoms with Crippen molar-refractivity contribution < 1.29 is 17.9 Å². The number of rotatable bonds is 7. The molecule has 0 aliphatic carbocycles. The molecule has 3 nitrogen and oxygen atoms in total. The third-order valence-electron chi connectivity index (χ3n) is 4.79. The molecule has 1 heterocycles. The van der Waals surface area contributed by atoms with Crippen LogP contribution >= 0.6 is 0 Å². The van der Waals surface area contributed by atoms with Crippen molar-refractivity contribution in [1.82, 2.24) is 10.2 Å². The summed E-state index contributed by atoms with van der Waals surface area (Å²) in [6.07, 6.45) is -2.18. The first-order valence-electron chi connectivity index (χ1n) is 7.84. The lowest BCUT2D eigenvalue weighted by Gasteiger charge is -2.49. The monoisotopic (exact) mass is 310 g/mol. The first kappa shape index (κ1) is 18.7. The van der Waals surface area contributed by atoms with E-state index < -0.39 is 12.8 Å². The van der Waals surface area contributed by atoms with Gasteiger partial charge in [-0.25, -0.2) is 0 Å². The minimum Gasteiger partial charge on any atom is -0.371 e. The summed E-state index contributed by atoms with van der Waals surface area (Å²) < 4.78 is 41.1. The molecule has 3 unspecified atom stereocenters. The van der Waals surface area contributed by atoms with E-state index in [4.69, 9.17) is 4.74 Å². The number of hydrogen-bond donors (Lipinski definition) is 1. The fourth-order valence-electron chi connectivity index (χ4n) is 2.72. The minimum atomic E-state index is -4.24. The zero-order chi connectivity index (χ0) is 16.1. The zero-order valence-electron chi connectivity index (χ0n) is 13.6. The predicted octanol–water partition coefficient (Wildman–Crippen LogP) is 3.05. The van der Waals surface area contributed by atoms with Gasteiger partial charge in [0.2, 0.25) is 0 Å². The number of piperazine rings is 1. The first-order chi connectivity index (χ1) is 9.72. The third-order valence-corrected chi connectivity index (χ3v) is 4.79. The molecule has 0 aromatic heterocycles. The van der Waals surface area contributed by atoms with Gasteiger partial charge in [0, 0.05) is 31.2 Å². The Kier molecular flexibility index (Phi) is 6.94. The van der Waals surface area contributed by atoms with Crippen molar-refractivity contribution in [3.8, 4) is 0 Å². The standard InChI is InChI=1S/C15H29F3N2O/c1-5-12(3)13-9-20(14(4,6-2)10-19-13)7-8-21-11-15(16,17)18/h12-13,19H,5-11H2,1-4H3. The number of nitrogens with zero attached hydrogens (tertiary/aromatic N) is 1. The van der Waals surface area contributed by atoms with E-state index in [9.17, 15) is 13.2 Å². The molecule has 0 amide bonds. The highest BCUT2D eigenvalue weighted by Gasteiger charge is 2.37. The fourth-order valence-corrected chi connectivity index (χ4v) is 2.72. The Morgan fingerprint density at radius 1 is 1.38 bits per heavy atom. The van der Waals surface area contributed by atoms with E-state index in [-0.39, 0.29) is 12.1 Å². The summed E-state index contributed by atoms with van der Waals surface area (Å²) in [6.45, 7) is 9.92. The normalized spacial score (nSPS) is 29.6. The Labute approximate surface area is 126 Å². The molecule has 1 rings (SSSR count). The van der Waals surface area contributed by atoms with Gasteiger partial charge in [-0.2, -0.15) is 13.2 Å². The van der Waals surface area contributed by atoms with Gasteiger partial charge >= 0.3 is 6.18 Å². The lowest BCUT2D eigenvalue weighted by atomic mass is 9.88. The van der Waals surface area contributed by atoms with E-state index in [0.717, 1.165) is 25.9 Å². The average Bonchev–Trinajstić information content (AvgIpc) is 2.43. The summed E-state index contributed by atoms with van der Waals surface area (Å²) in [5.41, 5.74) is -0.00838. The lowest BCUT2D eigenvalue weighted by Crippen LogP contribution is -2.64. The van der Waals surface area contributed by atoms with Gasteiger partial charge in [-0.3, -0.25) is 4.90 Å². The number of alkyl halides is 3. The van der Waals surface area contributed by atoms with Crippen molar-refractivity contribution in [2.75, 3.05) is 32.8 Å². The van der Waals surface area contributed by atoms with E-state index in [2.05, 4.69) is 37.9 Å². The predicted molar refractivity (Wildman–Crippen MR) is 78.4 cm³/mol. The van der Waals surface area contributed by atoms with Crippen LogP contribution in [-0.4, -0.2) is 55.5 Å². The zero-order valence-corrected chi connectivity index (χ0v) is 13.6. The molecular formula is C15H29F3N2O. The maximum Gasteiger partial charge on any atom is 0.411 e. The summed E-state index contributed by atoms with van der Waals surface area (Å²) >= 11 is 0. The summed E-state index contributed by atoms with van der Waals surface area (Å²) in [4.78, 5) is 2.29. The Balaban J connectivity index is 2.52. The van der Waals surface area contributed by atoms with Crippen LogP contribution in [0.4, 0.5) is 13.2 Å². The van der Waals surface area contributed by atoms with Crippen molar-refractivity contribution in [3.05, 3.63) is 0 Å². The van der Waals surface area contributed by atoms with Gasteiger partial charge in [-0.15, -0.1) is 0 Å². The van der Waals surface area contributed by atoms with Gasteiger partial charge in [0.25, 0.3) is 0 Å². The van der Waals surface area contributed by atoms with Gasteiger partial charge in [0.05, 0.1) is 6.61 Å². The van der Waals surface area contributed by atoms with Gasteiger partial charge in [-0.05, 0) is 19.3 Å². The molecule has 1 saturated heterocycles. The number of hydrogen-bond acceptors (Lipinski definition) is 3. The largest absolute Gasteiger partial charge is 0.411 e. The van der Waals surface area contributed by atoms with E-state index in [1.165, 1.54) is 0 Å². The summed E-state index contributed by atoms with van der Waals surface area (Å²) in [5, 5.41) is 3.59. The summed E-state index contributed by atoms with van der Waals surface area (Å²) in [6, 6.07) is 0.400. The van der Waals surface area contributed by atoms with Crippen molar-refractivity contribution in [1.29, 1.82) is 0 Å². The van der Waals surface area contributed by atoms with Gasteiger partial charge in [0.1, 0.15) is 6.61 Å². The van der Waals surface area contributed by atoms with Crippen LogP contribution in [0.15, 0.2) is 0 Å². The smallest absolute Gasteiger partial charge is 0.371 e. The Hall–Kier alpha value is -0.330. The topological polar surface area (TPSA) is 24.5 Å². The molecule has 3 atom stereocenters. The molecule has 0 aromatic carbocycles. The highest BCUT2D eigenvalue weighted by atomic mass is 19.4. The summed E-state index contributed by atoms with van der Waals surface area (Å²) in [5.74, 6) is 0.560. The third kappa shape index (κ3) is 5.75. The van der Waals surface area contributed by atoms with Crippen molar-refractivity contribution in [3.63, 3.8) is 0 Å². The highest BCUT2D eigenvalue weighted by Crippen LogP contribution is 2.25. The van der Waals surface area contributed by atoms with Crippen molar-refractivity contribution in [2.45, 2.75) is 58.3 Å². The molecule has 0 aromatic rings. The molecule has 0 radical (unpaired) electrons. The fraction of sp³-hybridized carbons (Fsp3) is 1.00. The van der Waals surface area contributed by atoms with Crippen molar-refractivity contribution >= 4 is 0 Å². The Bertz CT molecular complexity index is 312. The maximum absolute atomic E-state index is 12.1. The molecule has 126 valence electrons. The Morgan fingerprint density at radius 3 is 2.57 bits per heavy atom. The highest BCUT2D eigenvalue weighted by molar-refractivity contribution is 4.96. The second kappa shape index (κ2) is 7.79. The molecule has 0 spiro atoms. The average molecular weight is 310 g/mol. The van der Waals surface area contributed by atoms with Crippen LogP contribution in [0.2, 0.25) is 0 Å². The van der Waals surface area contributed by atoms with E-state index >= 15 is 0 Å². The van der Waals surface area contributed by atoms with Crippen LogP contribution in [0.25, 0.3) is 0 Å². The quantitative estimate of drug-likeness (QED) is 0.732. The Morgan fingerprint density at radius 2 is 2.05 bits per heavy atom. The number of halogens is 3. The molecule has 0 saturated carbocycles. The van der Waals surface area contributed by atoms with Crippen LogP contribution in [0.1, 0.15) is 40.5 Å². The molecule has 1 fully saturated rings. The van der Waals surface area contributed by atoms with Crippen LogP contribution in [0.3, 0.4) is 0 Å². The van der Waals surface area contributed by atoms with Crippen LogP contribution < -0.4 is 5.32 Å². The van der Waals surface area contributed by atoms with E-state index in [0.29, 0.717) is 18.5 Å². The minimum absolute atomic E-state index is 0.00838. The molecule has 1 aliphatic rings. The van der Waals surface area contributed by atoms with E-state index in [1.54, 1.807) is 0 Å². The summed E-state index contributed by atoms with van der Waals surface area (Å²) in [7, 11) is 0. The molecule has 1 aliphatic heterocycles. The molecule has 0 bridgehead atoms. The maximum atomic E-state index is 12.1. The van der Waals surface area contributed by atoms with Gasteiger partial charge in [0.15, 0.2) is 0 Å². The van der Waals surface area contributed by atoms with Gasteiger partial charge < -0.3 is 10.1 Å². The second-order valence-electron chi connectivity index (χ2n) is 6.34. The number of nitrogens with one attached hydrogen (secondary N) is 1. The SMILES string of the molecule is CCC(C)C1CN(CCOCC(F)(F)F)C(C)(CC)CN1. The molecular weight excluding hydrogens is 281 g/mol. The van der Waals surface area contributed by atoms with E-state index in [1.807, 2.05) is 0 Å². The molecule has 21 heavy (non-hydrogen) atoms. The second-order valence-corrected chi connectivity index (χ2v) is 6.34. The van der Waals surface area contributed by atoms with Crippen LogP contribution in [-0.2, 0) is 4.74 Å². The van der Waals surface area contributed by atoms with Crippen LogP contribution in [0.5, 0.6) is 0 Å². The lowest BCUT2D eigenvalue weighted by molar-refractivity contribution is -0.175. The van der Waals surface area contributed by atoms with Crippen molar-refractivity contribution in [2.24, 2.45) is 5.92 Å². The van der Waals surface area contributed by atoms with Crippen LogP contribution in [0, 0.1) is 5.92 Å². The van der Waals surface area contributed by atoms with Gasteiger partial charge in [-0.1, -0.05) is 27.2 Å². The number of ether oxygens (including phenoxy) is 1.